The summed E-state index contributed by atoms with van der Waals surface area (Å²) in [5.41, 5.74) is 0.899. The van der Waals surface area contributed by atoms with Crippen LogP contribution in [-0.4, -0.2) is 28.2 Å². The van der Waals surface area contributed by atoms with Crippen LogP contribution in [0.1, 0.15) is 38.3 Å². The number of carbonyl (C=O) groups excluding carboxylic acids is 3. The molecule has 4 rings (SSSR count). The second-order valence-electron chi connectivity index (χ2n) is 7.94. The monoisotopic (exact) mass is 406 g/mol. The molecule has 1 aliphatic carbocycles. The molecule has 30 heavy (non-hydrogen) atoms. The molecule has 6 heteroatoms. The molecule has 0 radical (unpaired) electrons. The van der Waals surface area contributed by atoms with Gasteiger partial charge >= 0.3 is 5.97 Å². The molecule has 0 saturated carbocycles. The number of allylic oxidation sites excluding steroid dienone is 2. The van der Waals surface area contributed by atoms with Crippen molar-refractivity contribution in [1.82, 2.24) is 0 Å². The number of phenols is 1. The lowest BCUT2D eigenvalue weighted by Crippen LogP contribution is -2.40. The highest BCUT2D eigenvalue weighted by atomic mass is 16.6. The van der Waals surface area contributed by atoms with Gasteiger partial charge in [0.2, 0.25) is 5.78 Å². The van der Waals surface area contributed by atoms with E-state index in [2.05, 4.69) is 0 Å². The van der Waals surface area contributed by atoms with Gasteiger partial charge in [-0.1, -0.05) is 26.0 Å². The van der Waals surface area contributed by atoms with E-state index in [0.717, 1.165) is 5.56 Å². The lowest BCUT2D eigenvalue weighted by atomic mass is 9.75. The number of ether oxygens (including phenoxy) is 2. The minimum atomic E-state index is -1.55. The van der Waals surface area contributed by atoms with Gasteiger partial charge in [0.1, 0.15) is 17.1 Å². The summed E-state index contributed by atoms with van der Waals surface area (Å²) in [5.74, 6) is -1.51. The van der Waals surface area contributed by atoms with Crippen molar-refractivity contribution in [2.24, 2.45) is 5.92 Å². The van der Waals surface area contributed by atoms with Gasteiger partial charge in [-0.15, -0.1) is 0 Å². The van der Waals surface area contributed by atoms with Gasteiger partial charge in [0.25, 0.3) is 0 Å². The second-order valence-corrected chi connectivity index (χ2v) is 7.94. The number of ketones is 2. The Kier molecular flexibility index (Phi) is 4.53. The van der Waals surface area contributed by atoms with E-state index in [0.29, 0.717) is 28.9 Å². The SMILES string of the molecule is CC[C@@H](C)C(=O)C1=C2C3=COC(c4c(C)cccc4O)=CC3=CC(=O)[C@@]2(C)OC1=O. The van der Waals surface area contributed by atoms with Crippen LogP contribution in [0.5, 0.6) is 5.75 Å². The fourth-order valence-electron chi connectivity index (χ4n) is 4.00. The topological polar surface area (TPSA) is 89.9 Å². The molecule has 0 saturated heterocycles. The van der Waals surface area contributed by atoms with E-state index < -0.39 is 17.4 Å². The Morgan fingerprint density at radius 1 is 1.23 bits per heavy atom. The van der Waals surface area contributed by atoms with Crippen molar-refractivity contribution in [2.45, 2.75) is 39.7 Å². The molecule has 0 aromatic heterocycles. The lowest BCUT2D eigenvalue weighted by Gasteiger charge is -2.31. The molecular weight excluding hydrogens is 384 g/mol. The van der Waals surface area contributed by atoms with Crippen molar-refractivity contribution >= 4 is 23.3 Å². The van der Waals surface area contributed by atoms with E-state index in [-0.39, 0.29) is 28.6 Å². The van der Waals surface area contributed by atoms with Gasteiger partial charge in [0, 0.05) is 17.1 Å². The van der Waals surface area contributed by atoms with Crippen LogP contribution in [0.2, 0.25) is 0 Å². The van der Waals surface area contributed by atoms with Gasteiger partial charge in [-0.05, 0) is 49.6 Å². The number of phenolic OH excluding ortho intramolecular Hbond substituents is 1. The molecular formula is C24H22O6. The lowest BCUT2D eigenvalue weighted by molar-refractivity contribution is -0.153. The van der Waals surface area contributed by atoms with E-state index in [4.69, 9.17) is 9.47 Å². The molecule has 0 fully saturated rings. The number of rotatable bonds is 4. The van der Waals surface area contributed by atoms with Crippen molar-refractivity contribution < 1.29 is 29.0 Å². The zero-order chi connectivity index (χ0) is 21.8. The molecule has 3 aliphatic rings. The Morgan fingerprint density at radius 2 is 1.97 bits per heavy atom. The van der Waals surface area contributed by atoms with Crippen molar-refractivity contribution in [2.75, 3.05) is 0 Å². The summed E-state index contributed by atoms with van der Waals surface area (Å²) < 4.78 is 11.2. The first kappa shape index (κ1) is 19.9. The average Bonchev–Trinajstić information content (AvgIpc) is 2.98. The maximum Gasteiger partial charge on any atom is 0.343 e. The highest BCUT2D eigenvalue weighted by molar-refractivity contribution is 6.24. The van der Waals surface area contributed by atoms with E-state index in [1.54, 1.807) is 25.1 Å². The molecule has 0 bridgehead atoms. The number of hydrogen-bond acceptors (Lipinski definition) is 6. The maximum absolute atomic E-state index is 12.9. The zero-order valence-electron chi connectivity index (χ0n) is 17.2. The minimum Gasteiger partial charge on any atom is -0.507 e. The predicted molar refractivity (Wildman–Crippen MR) is 109 cm³/mol. The van der Waals surface area contributed by atoms with Crippen LogP contribution >= 0.6 is 0 Å². The Hall–Kier alpha value is -3.41. The smallest absolute Gasteiger partial charge is 0.343 e. The van der Waals surface area contributed by atoms with Crippen LogP contribution in [0.25, 0.3) is 5.76 Å². The Bertz CT molecular complexity index is 1110. The fourth-order valence-corrected chi connectivity index (χ4v) is 4.00. The standard InChI is InChI=1S/C24H22O6/c1-5-12(2)22(27)20-21-15-11-29-17(19-13(3)7-6-8-16(19)25)9-14(15)10-18(26)24(21,4)30-23(20)28/h6-12,25H,5H2,1-4H3/t12-,24-/m1/s1. The van der Waals surface area contributed by atoms with Crippen molar-refractivity contribution in [3.8, 4) is 5.75 Å². The summed E-state index contributed by atoms with van der Waals surface area (Å²) in [6, 6.07) is 5.12. The van der Waals surface area contributed by atoms with Gasteiger partial charge in [0.15, 0.2) is 11.4 Å². The Balaban J connectivity index is 1.88. The van der Waals surface area contributed by atoms with Gasteiger partial charge in [-0.25, -0.2) is 4.79 Å². The maximum atomic E-state index is 12.9. The normalized spacial score (nSPS) is 23.5. The van der Waals surface area contributed by atoms with E-state index in [1.807, 2.05) is 19.9 Å². The third kappa shape index (κ3) is 2.75. The van der Waals surface area contributed by atoms with Gasteiger partial charge in [-0.2, -0.15) is 0 Å². The van der Waals surface area contributed by atoms with E-state index in [9.17, 15) is 19.5 Å². The van der Waals surface area contributed by atoms with Crippen molar-refractivity contribution in [3.05, 3.63) is 70.0 Å². The van der Waals surface area contributed by atoms with Crippen molar-refractivity contribution in [1.29, 1.82) is 0 Å². The first-order chi connectivity index (χ1) is 14.2. The zero-order valence-corrected chi connectivity index (χ0v) is 17.2. The first-order valence-electron chi connectivity index (χ1n) is 9.85. The first-order valence-corrected chi connectivity index (χ1v) is 9.85. The number of fused-ring (bicyclic) bond motifs is 3. The Morgan fingerprint density at radius 3 is 2.63 bits per heavy atom. The fraction of sp³-hybridized carbons (Fsp3) is 0.292. The van der Waals surface area contributed by atoms with Gasteiger partial charge in [0.05, 0.1) is 11.8 Å². The molecule has 2 atom stereocenters. The second kappa shape index (κ2) is 6.83. The van der Waals surface area contributed by atoms with Crippen LogP contribution in [0.15, 0.2) is 58.9 Å². The predicted octanol–water partition coefficient (Wildman–Crippen LogP) is 3.69. The van der Waals surface area contributed by atoms with Crippen LogP contribution in [-0.2, 0) is 23.9 Å². The number of hydrogen-bond donors (Lipinski definition) is 1. The highest BCUT2D eigenvalue weighted by Crippen LogP contribution is 2.48. The average molecular weight is 406 g/mol. The number of Topliss-reactive ketones (excluding diaryl/α,β-unsaturated/α-hetero) is 1. The Labute approximate surface area is 174 Å². The van der Waals surface area contributed by atoms with Gasteiger partial charge in [-0.3, -0.25) is 9.59 Å². The third-order valence-electron chi connectivity index (χ3n) is 5.96. The van der Waals surface area contributed by atoms with Crippen LogP contribution in [0.3, 0.4) is 0 Å². The highest BCUT2D eigenvalue weighted by Gasteiger charge is 2.55. The summed E-state index contributed by atoms with van der Waals surface area (Å²) in [5, 5.41) is 10.3. The van der Waals surface area contributed by atoms with E-state index in [1.165, 1.54) is 19.3 Å². The number of esters is 1. The van der Waals surface area contributed by atoms with Gasteiger partial charge < -0.3 is 14.6 Å². The number of aromatic hydroxyl groups is 1. The molecule has 2 aliphatic heterocycles. The molecule has 1 N–H and O–H groups in total. The summed E-state index contributed by atoms with van der Waals surface area (Å²) in [7, 11) is 0. The molecule has 154 valence electrons. The van der Waals surface area contributed by atoms with E-state index >= 15 is 0 Å². The number of carbonyl (C=O) groups is 3. The molecule has 1 aromatic carbocycles. The summed E-state index contributed by atoms with van der Waals surface area (Å²) in [6.07, 6.45) is 4.99. The van der Waals surface area contributed by atoms with Crippen LogP contribution in [0, 0.1) is 12.8 Å². The molecule has 2 heterocycles. The minimum absolute atomic E-state index is 0.0527. The van der Waals surface area contributed by atoms with Crippen LogP contribution < -0.4 is 0 Å². The summed E-state index contributed by atoms with van der Waals surface area (Å²) in [6.45, 7) is 6.94. The largest absolute Gasteiger partial charge is 0.507 e. The quantitative estimate of drug-likeness (QED) is 0.606. The number of benzene rings is 1. The third-order valence-corrected chi connectivity index (χ3v) is 5.96. The summed E-state index contributed by atoms with van der Waals surface area (Å²) >= 11 is 0. The summed E-state index contributed by atoms with van der Waals surface area (Å²) in [4.78, 5) is 38.5. The molecule has 0 unspecified atom stereocenters. The molecule has 1 aromatic rings. The molecule has 0 spiro atoms. The number of aryl methyl sites for hydroxylation is 1. The molecule has 6 nitrogen and oxygen atoms in total. The molecule has 0 amide bonds. The van der Waals surface area contributed by atoms with Crippen molar-refractivity contribution in [3.63, 3.8) is 0 Å². The van der Waals surface area contributed by atoms with Crippen LogP contribution in [0.4, 0.5) is 0 Å².